The van der Waals surface area contributed by atoms with Gasteiger partial charge >= 0.3 is 0 Å². The van der Waals surface area contributed by atoms with E-state index in [-0.39, 0.29) is 24.0 Å². The molecule has 0 fully saturated rings. The van der Waals surface area contributed by atoms with Crippen molar-refractivity contribution in [2.45, 2.75) is 26.8 Å². The van der Waals surface area contributed by atoms with Gasteiger partial charge in [-0.2, -0.15) is 0 Å². The molecule has 148 valence electrons. The van der Waals surface area contributed by atoms with Crippen molar-refractivity contribution >= 4 is 29.9 Å². The number of rotatable bonds is 7. The minimum atomic E-state index is 0. The van der Waals surface area contributed by atoms with Crippen molar-refractivity contribution < 1.29 is 4.42 Å². The highest BCUT2D eigenvalue weighted by molar-refractivity contribution is 14.0. The summed E-state index contributed by atoms with van der Waals surface area (Å²) in [5, 5.41) is 6.55. The van der Waals surface area contributed by atoms with Crippen molar-refractivity contribution in [3.05, 3.63) is 72.0 Å². The van der Waals surface area contributed by atoms with E-state index in [4.69, 9.17) is 4.42 Å². The molecule has 0 spiro atoms. The Balaban J connectivity index is 0.00000280. The number of aliphatic imine (C=N–C) groups is 1. The number of pyridine rings is 1. The van der Waals surface area contributed by atoms with Crippen LogP contribution < -0.4 is 10.6 Å². The molecule has 0 atom stereocenters. The molecule has 0 amide bonds. The standard InChI is InChI=1S/C21H25N5O.HI/c1-3-22-21(24-13-11-18-6-4-5-12-23-18)26-15-20-25-14-19(27-20)17-9-7-16(2)8-10-17;/h4-10,12,14H,3,11,13,15H2,1-2H3,(H2,22,24,26);1H. The third kappa shape index (κ3) is 6.63. The first-order valence-electron chi connectivity index (χ1n) is 9.18. The summed E-state index contributed by atoms with van der Waals surface area (Å²) >= 11 is 0. The predicted molar refractivity (Wildman–Crippen MR) is 123 cm³/mol. The van der Waals surface area contributed by atoms with Crippen molar-refractivity contribution in [1.82, 2.24) is 20.6 Å². The number of halogens is 1. The maximum absolute atomic E-state index is 5.83. The van der Waals surface area contributed by atoms with E-state index in [9.17, 15) is 0 Å². The monoisotopic (exact) mass is 491 g/mol. The van der Waals surface area contributed by atoms with Crippen LogP contribution in [-0.4, -0.2) is 29.0 Å². The summed E-state index contributed by atoms with van der Waals surface area (Å²) < 4.78 is 5.83. The van der Waals surface area contributed by atoms with Gasteiger partial charge in [0.25, 0.3) is 0 Å². The number of hydrogen-bond acceptors (Lipinski definition) is 4. The first-order valence-corrected chi connectivity index (χ1v) is 9.18. The lowest BCUT2D eigenvalue weighted by Crippen LogP contribution is -2.38. The molecule has 2 heterocycles. The van der Waals surface area contributed by atoms with E-state index in [0.29, 0.717) is 12.4 Å². The van der Waals surface area contributed by atoms with Gasteiger partial charge in [-0.25, -0.2) is 9.98 Å². The molecular weight excluding hydrogens is 465 g/mol. The van der Waals surface area contributed by atoms with E-state index in [1.165, 1.54) is 5.56 Å². The smallest absolute Gasteiger partial charge is 0.216 e. The quantitative estimate of drug-likeness (QED) is 0.297. The first kappa shape index (κ1) is 21.9. The van der Waals surface area contributed by atoms with E-state index in [1.807, 2.05) is 43.5 Å². The summed E-state index contributed by atoms with van der Waals surface area (Å²) in [6.45, 7) is 6.02. The third-order valence-corrected chi connectivity index (χ3v) is 4.01. The van der Waals surface area contributed by atoms with Gasteiger partial charge in [0.15, 0.2) is 11.7 Å². The number of hydrogen-bond donors (Lipinski definition) is 2. The summed E-state index contributed by atoms with van der Waals surface area (Å²) in [4.78, 5) is 13.2. The zero-order valence-electron chi connectivity index (χ0n) is 16.2. The molecule has 2 aromatic heterocycles. The number of oxazole rings is 1. The van der Waals surface area contributed by atoms with Crippen LogP contribution in [0.4, 0.5) is 0 Å². The number of nitrogens with one attached hydrogen (secondary N) is 2. The number of aryl methyl sites for hydroxylation is 1. The molecule has 0 aliphatic carbocycles. The van der Waals surface area contributed by atoms with E-state index in [1.54, 1.807) is 6.20 Å². The maximum Gasteiger partial charge on any atom is 0.216 e. The highest BCUT2D eigenvalue weighted by Crippen LogP contribution is 2.20. The van der Waals surface area contributed by atoms with Gasteiger partial charge in [0.1, 0.15) is 6.54 Å². The zero-order chi connectivity index (χ0) is 18.9. The molecule has 0 bridgehead atoms. The molecule has 0 aliphatic heterocycles. The minimum Gasteiger partial charge on any atom is -0.439 e. The SMILES string of the molecule is CCNC(=NCc1ncc(-c2ccc(C)cc2)o1)NCCc1ccccn1.I. The molecule has 6 nitrogen and oxygen atoms in total. The zero-order valence-corrected chi connectivity index (χ0v) is 18.5. The molecule has 0 saturated heterocycles. The molecule has 3 aromatic rings. The van der Waals surface area contributed by atoms with Gasteiger partial charge in [-0.15, -0.1) is 24.0 Å². The topological polar surface area (TPSA) is 75.3 Å². The summed E-state index contributed by atoms with van der Waals surface area (Å²) in [5.74, 6) is 2.09. The summed E-state index contributed by atoms with van der Waals surface area (Å²) in [7, 11) is 0. The fourth-order valence-electron chi connectivity index (χ4n) is 2.58. The Hall–Kier alpha value is -2.42. The predicted octanol–water partition coefficient (Wildman–Crippen LogP) is 3.96. The maximum atomic E-state index is 5.83. The van der Waals surface area contributed by atoms with Crippen molar-refractivity contribution in [1.29, 1.82) is 0 Å². The Kier molecular flexibility index (Phi) is 8.93. The lowest BCUT2D eigenvalue weighted by atomic mass is 10.1. The fourth-order valence-corrected chi connectivity index (χ4v) is 2.58. The van der Waals surface area contributed by atoms with Crippen LogP contribution >= 0.6 is 24.0 Å². The van der Waals surface area contributed by atoms with Crippen LogP contribution in [0.15, 0.2) is 64.3 Å². The van der Waals surface area contributed by atoms with Crippen molar-refractivity contribution in [3.8, 4) is 11.3 Å². The van der Waals surface area contributed by atoms with Gasteiger partial charge in [-0.05, 0) is 26.0 Å². The van der Waals surface area contributed by atoms with E-state index in [2.05, 4.69) is 44.7 Å². The second-order valence-corrected chi connectivity index (χ2v) is 6.18. The normalized spacial score (nSPS) is 11.0. The molecule has 0 aliphatic rings. The second-order valence-electron chi connectivity index (χ2n) is 6.18. The molecule has 2 N–H and O–H groups in total. The fraction of sp³-hybridized carbons (Fsp3) is 0.286. The number of guanidine groups is 1. The van der Waals surface area contributed by atoms with E-state index < -0.39 is 0 Å². The molecule has 28 heavy (non-hydrogen) atoms. The molecule has 7 heteroatoms. The Morgan fingerprint density at radius 1 is 1.07 bits per heavy atom. The van der Waals surface area contributed by atoms with E-state index in [0.717, 1.165) is 42.5 Å². The summed E-state index contributed by atoms with van der Waals surface area (Å²) in [6, 6.07) is 14.1. The largest absolute Gasteiger partial charge is 0.439 e. The van der Waals surface area contributed by atoms with Crippen molar-refractivity contribution in [2.75, 3.05) is 13.1 Å². The van der Waals surface area contributed by atoms with Crippen LogP contribution in [-0.2, 0) is 13.0 Å². The molecule has 0 radical (unpaired) electrons. The summed E-state index contributed by atoms with van der Waals surface area (Å²) in [6.07, 6.45) is 4.39. The van der Waals surface area contributed by atoms with Gasteiger partial charge < -0.3 is 15.1 Å². The second kappa shape index (κ2) is 11.4. The number of benzene rings is 1. The summed E-state index contributed by atoms with van der Waals surface area (Å²) in [5.41, 5.74) is 3.29. The first-order chi connectivity index (χ1) is 13.2. The van der Waals surface area contributed by atoms with Crippen LogP contribution in [0, 0.1) is 6.92 Å². The van der Waals surface area contributed by atoms with Crippen LogP contribution in [0.1, 0.15) is 24.1 Å². The minimum absolute atomic E-state index is 0. The van der Waals surface area contributed by atoms with Crippen molar-refractivity contribution in [3.63, 3.8) is 0 Å². The van der Waals surface area contributed by atoms with Crippen LogP contribution in [0.3, 0.4) is 0 Å². The number of aromatic nitrogens is 2. The van der Waals surface area contributed by atoms with Gasteiger partial charge in [-0.1, -0.05) is 35.9 Å². The highest BCUT2D eigenvalue weighted by atomic mass is 127. The molecule has 0 unspecified atom stereocenters. The average molecular weight is 491 g/mol. The Labute approximate surface area is 182 Å². The molecular formula is C21H26IN5O. The van der Waals surface area contributed by atoms with Gasteiger partial charge in [0.2, 0.25) is 5.89 Å². The third-order valence-electron chi connectivity index (χ3n) is 4.01. The average Bonchev–Trinajstić information content (AvgIpc) is 3.16. The molecule has 1 aromatic carbocycles. The van der Waals surface area contributed by atoms with Gasteiger partial charge in [-0.3, -0.25) is 4.98 Å². The van der Waals surface area contributed by atoms with Crippen LogP contribution in [0.25, 0.3) is 11.3 Å². The Morgan fingerprint density at radius 2 is 1.89 bits per heavy atom. The molecule has 0 saturated carbocycles. The highest BCUT2D eigenvalue weighted by Gasteiger charge is 2.06. The van der Waals surface area contributed by atoms with Crippen LogP contribution in [0.5, 0.6) is 0 Å². The van der Waals surface area contributed by atoms with Crippen LogP contribution in [0.2, 0.25) is 0 Å². The Bertz CT molecular complexity index is 862. The lowest BCUT2D eigenvalue weighted by Gasteiger charge is -2.10. The lowest BCUT2D eigenvalue weighted by molar-refractivity contribution is 0.509. The van der Waals surface area contributed by atoms with E-state index >= 15 is 0 Å². The van der Waals surface area contributed by atoms with Crippen molar-refractivity contribution in [2.24, 2.45) is 4.99 Å². The molecule has 3 rings (SSSR count). The number of nitrogens with zero attached hydrogens (tertiary/aromatic N) is 3. The Morgan fingerprint density at radius 3 is 2.61 bits per heavy atom. The van der Waals surface area contributed by atoms with Gasteiger partial charge in [0, 0.05) is 37.0 Å². The van der Waals surface area contributed by atoms with Gasteiger partial charge in [0.05, 0.1) is 6.20 Å².